The molecule has 1 aromatic carbocycles. The standard InChI is InChI=1S/C17H14FIN4O4/c1-8-6-12(21-27-8)14(24)13-15(22(2)17(26)23(3)16(13)25)20-11-5-4-9(19)7-10(11)18/h4-7,20H,1-3H3. The smallest absolute Gasteiger partial charge is 0.332 e. The van der Waals surface area contributed by atoms with E-state index in [0.29, 0.717) is 9.33 Å². The van der Waals surface area contributed by atoms with Crippen molar-refractivity contribution in [2.45, 2.75) is 6.92 Å². The monoisotopic (exact) mass is 484 g/mol. The Hall–Kier alpha value is -2.76. The summed E-state index contributed by atoms with van der Waals surface area (Å²) in [5.41, 5.74) is -1.90. The minimum absolute atomic E-state index is 0.0176. The average molecular weight is 484 g/mol. The molecule has 3 aromatic rings. The van der Waals surface area contributed by atoms with Crippen LogP contribution < -0.4 is 16.6 Å². The molecular formula is C17H14FIN4O4. The van der Waals surface area contributed by atoms with Gasteiger partial charge in [-0.1, -0.05) is 5.16 Å². The molecule has 140 valence electrons. The summed E-state index contributed by atoms with van der Waals surface area (Å²) in [6, 6.07) is 5.76. The summed E-state index contributed by atoms with van der Waals surface area (Å²) in [4.78, 5) is 37.8. The van der Waals surface area contributed by atoms with Crippen molar-refractivity contribution in [3.8, 4) is 0 Å². The maximum absolute atomic E-state index is 14.3. The predicted octanol–water partition coefficient (Wildman–Crippen LogP) is 2.10. The van der Waals surface area contributed by atoms with E-state index in [4.69, 9.17) is 4.52 Å². The maximum Gasteiger partial charge on any atom is 0.332 e. The van der Waals surface area contributed by atoms with Gasteiger partial charge in [-0.3, -0.25) is 18.7 Å². The molecule has 0 aliphatic heterocycles. The molecule has 10 heteroatoms. The van der Waals surface area contributed by atoms with Crippen molar-refractivity contribution in [1.29, 1.82) is 0 Å². The predicted molar refractivity (Wildman–Crippen MR) is 104 cm³/mol. The van der Waals surface area contributed by atoms with Gasteiger partial charge in [-0.05, 0) is 47.7 Å². The van der Waals surface area contributed by atoms with Crippen LogP contribution in [0.4, 0.5) is 15.9 Å². The van der Waals surface area contributed by atoms with Crippen molar-refractivity contribution in [2.75, 3.05) is 5.32 Å². The van der Waals surface area contributed by atoms with Gasteiger partial charge in [-0.15, -0.1) is 0 Å². The molecule has 0 saturated heterocycles. The van der Waals surface area contributed by atoms with Gasteiger partial charge in [0.25, 0.3) is 5.56 Å². The minimum Gasteiger partial charge on any atom is -0.361 e. The number of carbonyl (C=O) groups is 1. The van der Waals surface area contributed by atoms with Gasteiger partial charge in [0, 0.05) is 23.7 Å². The number of carbonyl (C=O) groups excluding carboxylic acids is 1. The van der Waals surface area contributed by atoms with Gasteiger partial charge < -0.3 is 9.84 Å². The molecule has 27 heavy (non-hydrogen) atoms. The fourth-order valence-electron chi connectivity index (χ4n) is 2.52. The molecule has 0 spiro atoms. The van der Waals surface area contributed by atoms with Crippen molar-refractivity contribution < 1.29 is 13.7 Å². The van der Waals surface area contributed by atoms with Crippen LogP contribution in [0.1, 0.15) is 21.8 Å². The summed E-state index contributed by atoms with van der Waals surface area (Å²) in [6.07, 6.45) is 0. The highest BCUT2D eigenvalue weighted by Crippen LogP contribution is 2.23. The zero-order valence-electron chi connectivity index (χ0n) is 14.5. The topological polar surface area (TPSA) is 99.1 Å². The first-order valence-electron chi connectivity index (χ1n) is 7.70. The Kier molecular flexibility index (Phi) is 5.00. The highest BCUT2D eigenvalue weighted by atomic mass is 127. The molecule has 0 radical (unpaired) electrons. The number of ketones is 1. The Labute approximate surface area is 165 Å². The summed E-state index contributed by atoms with van der Waals surface area (Å²) in [6.45, 7) is 1.60. The molecule has 0 amide bonds. The van der Waals surface area contributed by atoms with E-state index in [0.717, 1.165) is 9.13 Å². The number of benzene rings is 1. The van der Waals surface area contributed by atoms with Gasteiger partial charge in [0.15, 0.2) is 5.69 Å². The second-order valence-electron chi connectivity index (χ2n) is 5.83. The van der Waals surface area contributed by atoms with Crippen LogP contribution in [0.25, 0.3) is 0 Å². The molecular weight excluding hydrogens is 470 g/mol. The summed E-state index contributed by atoms with van der Waals surface area (Å²) < 4.78 is 21.7. The molecule has 0 saturated carbocycles. The number of aryl methyl sites for hydroxylation is 1. The van der Waals surface area contributed by atoms with Crippen LogP contribution in [0.3, 0.4) is 0 Å². The fraction of sp³-hybridized carbons (Fsp3) is 0.176. The van der Waals surface area contributed by atoms with E-state index in [1.807, 2.05) is 22.6 Å². The number of hydrogen-bond acceptors (Lipinski definition) is 6. The minimum atomic E-state index is -0.822. The number of halogens is 2. The second kappa shape index (κ2) is 7.10. The fourth-order valence-corrected chi connectivity index (χ4v) is 2.97. The first-order valence-corrected chi connectivity index (χ1v) is 8.78. The Morgan fingerprint density at radius 2 is 1.93 bits per heavy atom. The number of hydrogen-bond donors (Lipinski definition) is 1. The molecule has 0 atom stereocenters. The van der Waals surface area contributed by atoms with Gasteiger partial charge in [-0.2, -0.15) is 0 Å². The molecule has 0 aliphatic rings. The van der Waals surface area contributed by atoms with Gasteiger partial charge in [0.2, 0.25) is 5.78 Å². The third-order valence-corrected chi connectivity index (χ3v) is 4.61. The highest BCUT2D eigenvalue weighted by molar-refractivity contribution is 14.1. The van der Waals surface area contributed by atoms with Gasteiger partial charge in [0.1, 0.15) is 23.0 Å². The lowest BCUT2D eigenvalue weighted by Crippen LogP contribution is -2.41. The Balaban J connectivity index is 2.24. The third kappa shape index (κ3) is 3.44. The zero-order chi connectivity index (χ0) is 19.9. The van der Waals surface area contributed by atoms with Crippen LogP contribution >= 0.6 is 22.6 Å². The van der Waals surface area contributed by atoms with Gasteiger partial charge in [-0.25, -0.2) is 9.18 Å². The van der Waals surface area contributed by atoms with E-state index in [1.54, 1.807) is 13.0 Å². The molecule has 3 rings (SSSR count). The Morgan fingerprint density at radius 1 is 1.22 bits per heavy atom. The Morgan fingerprint density at radius 3 is 2.52 bits per heavy atom. The SMILES string of the molecule is Cc1cc(C(=O)c2c(Nc3ccc(I)cc3F)n(C)c(=O)n(C)c2=O)no1. The lowest BCUT2D eigenvalue weighted by molar-refractivity contribution is 0.102. The normalized spacial score (nSPS) is 10.9. The summed E-state index contributed by atoms with van der Waals surface area (Å²) in [5.74, 6) is -1.07. The van der Waals surface area contributed by atoms with Crippen molar-refractivity contribution in [3.05, 3.63) is 71.5 Å². The van der Waals surface area contributed by atoms with E-state index in [2.05, 4.69) is 10.5 Å². The molecule has 0 fully saturated rings. The Bertz CT molecular complexity index is 1180. The van der Waals surface area contributed by atoms with Crippen LogP contribution in [-0.4, -0.2) is 20.1 Å². The van der Waals surface area contributed by atoms with Gasteiger partial charge >= 0.3 is 5.69 Å². The molecule has 0 unspecified atom stereocenters. The number of nitrogens with zero attached hydrogens (tertiary/aromatic N) is 3. The van der Waals surface area contributed by atoms with E-state index < -0.39 is 22.8 Å². The third-order valence-electron chi connectivity index (χ3n) is 3.94. The number of aromatic nitrogens is 3. The molecule has 2 heterocycles. The number of nitrogens with one attached hydrogen (secondary N) is 1. The van der Waals surface area contributed by atoms with Crippen molar-refractivity contribution in [2.24, 2.45) is 14.1 Å². The average Bonchev–Trinajstić information content (AvgIpc) is 3.06. The first kappa shape index (κ1) is 19.0. The van der Waals surface area contributed by atoms with Crippen LogP contribution in [0.2, 0.25) is 0 Å². The summed E-state index contributed by atoms with van der Waals surface area (Å²) in [5, 5.41) is 6.32. The van der Waals surface area contributed by atoms with Crippen LogP contribution in [0, 0.1) is 16.3 Å². The number of anilines is 2. The van der Waals surface area contributed by atoms with Gasteiger partial charge in [0.05, 0.1) is 5.69 Å². The quantitative estimate of drug-likeness (QED) is 0.450. The zero-order valence-corrected chi connectivity index (χ0v) is 16.7. The molecule has 1 N–H and O–H groups in total. The van der Waals surface area contributed by atoms with Crippen molar-refractivity contribution in [1.82, 2.24) is 14.3 Å². The van der Waals surface area contributed by atoms with Crippen molar-refractivity contribution in [3.63, 3.8) is 0 Å². The second-order valence-corrected chi connectivity index (χ2v) is 7.08. The lowest BCUT2D eigenvalue weighted by atomic mass is 10.1. The largest absolute Gasteiger partial charge is 0.361 e. The van der Waals surface area contributed by atoms with E-state index >= 15 is 0 Å². The van der Waals surface area contributed by atoms with E-state index in [9.17, 15) is 18.8 Å². The molecule has 2 aromatic heterocycles. The first-order chi connectivity index (χ1) is 12.7. The summed E-state index contributed by atoms with van der Waals surface area (Å²) >= 11 is 1.95. The molecule has 0 bridgehead atoms. The van der Waals surface area contributed by atoms with Crippen LogP contribution in [0.5, 0.6) is 0 Å². The van der Waals surface area contributed by atoms with E-state index in [-0.39, 0.29) is 22.8 Å². The number of rotatable bonds is 4. The van der Waals surface area contributed by atoms with Crippen molar-refractivity contribution >= 4 is 39.9 Å². The van der Waals surface area contributed by atoms with Crippen LogP contribution in [-0.2, 0) is 14.1 Å². The highest BCUT2D eigenvalue weighted by Gasteiger charge is 2.26. The maximum atomic E-state index is 14.3. The lowest BCUT2D eigenvalue weighted by Gasteiger charge is -2.16. The molecule has 8 nitrogen and oxygen atoms in total. The van der Waals surface area contributed by atoms with Crippen LogP contribution in [0.15, 0.2) is 38.4 Å². The summed E-state index contributed by atoms with van der Waals surface area (Å²) in [7, 11) is 2.63. The van der Waals surface area contributed by atoms with E-state index in [1.165, 1.54) is 32.3 Å². The molecule has 0 aliphatic carbocycles.